The van der Waals surface area contributed by atoms with E-state index >= 15 is 0 Å². The number of aryl methyl sites for hydroxylation is 1. The number of nitrogens with zero attached hydrogens (tertiary/aromatic N) is 5. The summed E-state index contributed by atoms with van der Waals surface area (Å²) in [4.78, 5) is 33.6. The van der Waals surface area contributed by atoms with E-state index in [0.29, 0.717) is 22.8 Å². The summed E-state index contributed by atoms with van der Waals surface area (Å²) in [6, 6.07) is 2.24. The first-order valence-electron chi connectivity index (χ1n) is 11.4. The number of β-amino-alcohol motifs (C(OH)–C–C–N with tert-alkyl or cyclic N) is 1. The van der Waals surface area contributed by atoms with E-state index in [1.807, 2.05) is 0 Å². The first kappa shape index (κ1) is 29.4. The SMILES string of the molecule is C#CCN(C(=O)N(C)c1cncc(C)c1)/C(CN1CC(O)(C(F)F)C1)=C(\C=O)N(N)c1cc(F)c(F)cc1N. The van der Waals surface area contributed by atoms with Gasteiger partial charge in [0, 0.05) is 45.0 Å². The number of aliphatic hydroxyl groups is 1. The third-order valence-electron chi connectivity index (χ3n) is 6.11. The molecule has 14 heteroatoms. The Morgan fingerprint density at radius 1 is 1.28 bits per heavy atom. The standard InChI is InChI=1S/C25H27F4N7O3/c1-4-5-35(24(38)33(3)16-6-15(2)9-32-10-16)21(11-34-13-25(39,14-34)23(28)29)22(12-37)36(31)20-8-18(27)17(26)7-19(20)30/h1,6-10,12,23,39H,5,11,13-14,30-31H2,2-3H3/b22-21+. The number of hydrogen-bond donors (Lipinski definition) is 3. The Bertz CT molecular complexity index is 1330. The van der Waals surface area contributed by atoms with Crippen molar-refractivity contribution in [1.82, 2.24) is 14.8 Å². The van der Waals surface area contributed by atoms with Crippen LogP contribution in [0.4, 0.5) is 39.4 Å². The molecule has 1 aliphatic heterocycles. The number of amides is 2. The normalized spacial score (nSPS) is 15.2. The molecule has 5 N–H and O–H groups in total. The van der Waals surface area contributed by atoms with Gasteiger partial charge in [-0.3, -0.25) is 29.5 Å². The summed E-state index contributed by atoms with van der Waals surface area (Å²) in [5.74, 6) is 5.86. The number of carbonyl (C=O) groups is 2. The van der Waals surface area contributed by atoms with Crippen molar-refractivity contribution in [2.24, 2.45) is 5.84 Å². The number of rotatable bonds is 9. The lowest BCUT2D eigenvalue weighted by molar-refractivity contribution is -0.177. The molecule has 2 amide bonds. The van der Waals surface area contributed by atoms with E-state index in [0.717, 1.165) is 10.5 Å². The maximum Gasteiger partial charge on any atom is 0.329 e. The average molecular weight is 550 g/mol. The molecule has 1 aromatic carbocycles. The van der Waals surface area contributed by atoms with Gasteiger partial charge in [0.05, 0.1) is 35.5 Å². The van der Waals surface area contributed by atoms with E-state index in [2.05, 4.69) is 10.9 Å². The maximum absolute atomic E-state index is 14.0. The molecule has 1 aliphatic rings. The van der Waals surface area contributed by atoms with E-state index < -0.39 is 55.0 Å². The number of alkyl halides is 2. The summed E-state index contributed by atoms with van der Waals surface area (Å²) in [5, 5.41) is 10.7. The van der Waals surface area contributed by atoms with Gasteiger partial charge in [0.25, 0.3) is 6.43 Å². The Balaban J connectivity index is 2.12. The quantitative estimate of drug-likeness (QED) is 0.0822. The van der Waals surface area contributed by atoms with Crippen LogP contribution in [-0.2, 0) is 4.79 Å². The lowest BCUT2D eigenvalue weighted by Gasteiger charge is -2.47. The van der Waals surface area contributed by atoms with Crippen LogP contribution in [-0.4, -0.2) is 77.5 Å². The number of urea groups is 1. The Morgan fingerprint density at radius 3 is 2.49 bits per heavy atom. The van der Waals surface area contributed by atoms with Crippen LogP contribution in [0.25, 0.3) is 0 Å². The van der Waals surface area contributed by atoms with E-state index in [4.69, 9.17) is 18.0 Å². The van der Waals surface area contributed by atoms with E-state index in [-0.39, 0.29) is 29.9 Å². The fourth-order valence-corrected chi connectivity index (χ4v) is 4.03. The molecule has 0 saturated carbocycles. The molecule has 1 aromatic heterocycles. The smallest absolute Gasteiger partial charge is 0.329 e. The van der Waals surface area contributed by atoms with Crippen molar-refractivity contribution in [2.45, 2.75) is 19.0 Å². The fourth-order valence-electron chi connectivity index (χ4n) is 4.03. The zero-order valence-corrected chi connectivity index (χ0v) is 21.1. The highest BCUT2D eigenvalue weighted by Crippen LogP contribution is 2.32. The maximum atomic E-state index is 14.0. The Labute approximate surface area is 222 Å². The van der Waals surface area contributed by atoms with Gasteiger partial charge in [0.1, 0.15) is 5.70 Å². The van der Waals surface area contributed by atoms with Gasteiger partial charge < -0.3 is 10.8 Å². The molecular weight excluding hydrogens is 522 g/mol. The molecule has 0 unspecified atom stereocenters. The number of pyridine rings is 1. The van der Waals surface area contributed by atoms with Crippen LogP contribution < -0.4 is 21.5 Å². The highest BCUT2D eigenvalue weighted by Gasteiger charge is 2.49. The number of likely N-dealkylation sites (tertiary alicyclic amines) is 1. The number of carbonyl (C=O) groups excluding carboxylic acids is 2. The number of benzene rings is 1. The summed E-state index contributed by atoms with van der Waals surface area (Å²) < 4.78 is 54.2. The fraction of sp³-hybridized carbons (Fsp3) is 0.320. The molecule has 1 fully saturated rings. The van der Waals surface area contributed by atoms with Crippen LogP contribution in [0.3, 0.4) is 0 Å². The molecule has 3 rings (SSSR count). The number of anilines is 3. The van der Waals surface area contributed by atoms with Gasteiger partial charge in [0.2, 0.25) is 0 Å². The second-order valence-electron chi connectivity index (χ2n) is 9.05. The number of aldehydes is 1. The summed E-state index contributed by atoms with van der Waals surface area (Å²) in [6.45, 7) is 0.0229. The van der Waals surface area contributed by atoms with Gasteiger partial charge in [-0.15, -0.1) is 6.42 Å². The minimum Gasteiger partial charge on any atom is -0.397 e. The summed E-state index contributed by atoms with van der Waals surface area (Å²) in [6.07, 6.45) is 5.71. The van der Waals surface area contributed by atoms with Crippen molar-refractivity contribution < 1.29 is 32.3 Å². The predicted octanol–water partition coefficient (Wildman–Crippen LogP) is 1.84. The van der Waals surface area contributed by atoms with Crippen molar-refractivity contribution in [2.75, 3.05) is 48.9 Å². The first-order chi connectivity index (χ1) is 18.3. The summed E-state index contributed by atoms with van der Waals surface area (Å²) in [5.41, 5.74) is 3.38. The van der Waals surface area contributed by atoms with Crippen molar-refractivity contribution in [3.63, 3.8) is 0 Å². The van der Waals surface area contributed by atoms with Crippen LogP contribution in [0, 0.1) is 30.9 Å². The zero-order chi connectivity index (χ0) is 29.1. The predicted molar refractivity (Wildman–Crippen MR) is 136 cm³/mol. The lowest BCUT2D eigenvalue weighted by Crippen LogP contribution is -2.66. The van der Waals surface area contributed by atoms with Crippen LogP contribution in [0.1, 0.15) is 5.56 Å². The lowest BCUT2D eigenvalue weighted by atomic mass is 9.94. The molecule has 0 atom stereocenters. The Kier molecular flexibility index (Phi) is 8.80. The third-order valence-corrected chi connectivity index (χ3v) is 6.11. The van der Waals surface area contributed by atoms with Crippen LogP contribution in [0.5, 0.6) is 0 Å². The van der Waals surface area contributed by atoms with E-state index in [9.17, 15) is 32.3 Å². The highest BCUT2D eigenvalue weighted by atomic mass is 19.3. The van der Waals surface area contributed by atoms with Gasteiger partial charge in [-0.05, 0) is 18.6 Å². The van der Waals surface area contributed by atoms with Crippen LogP contribution >= 0.6 is 0 Å². The number of aromatic nitrogens is 1. The first-order valence-corrected chi connectivity index (χ1v) is 11.4. The van der Waals surface area contributed by atoms with Gasteiger partial charge in [-0.2, -0.15) is 0 Å². The van der Waals surface area contributed by atoms with Crippen molar-refractivity contribution >= 4 is 29.4 Å². The molecule has 208 valence electrons. The molecule has 0 radical (unpaired) electrons. The number of allylic oxidation sites excluding steroid dienone is 1. The second kappa shape index (κ2) is 11.7. The number of terminal acetylenes is 1. The zero-order valence-electron chi connectivity index (χ0n) is 21.1. The molecule has 2 heterocycles. The molecule has 10 nitrogen and oxygen atoms in total. The number of nitrogen functional groups attached to an aromatic ring is 1. The number of halogens is 4. The van der Waals surface area contributed by atoms with Gasteiger partial charge >= 0.3 is 6.03 Å². The minimum atomic E-state index is -3.04. The van der Waals surface area contributed by atoms with Crippen LogP contribution in [0.15, 0.2) is 42.0 Å². The third kappa shape index (κ3) is 6.11. The van der Waals surface area contributed by atoms with Gasteiger partial charge in [0.15, 0.2) is 23.5 Å². The minimum absolute atomic E-state index is 0.164. The molecule has 0 aliphatic carbocycles. The van der Waals surface area contributed by atoms with Crippen LogP contribution in [0.2, 0.25) is 0 Å². The number of hydrazine groups is 1. The number of nitrogens with two attached hydrogens (primary N) is 2. The van der Waals surface area contributed by atoms with E-state index in [1.54, 1.807) is 19.2 Å². The number of hydrogen-bond acceptors (Lipinski definition) is 8. The molecule has 0 spiro atoms. The van der Waals surface area contributed by atoms with Crippen molar-refractivity contribution in [3.8, 4) is 12.3 Å². The summed E-state index contributed by atoms with van der Waals surface area (Å²) in [7, 11) is 1.42. The molecule has 0 bridgehead atoms. The Morgan fingerprint density at radius 2 is 1.92 bits per heavy atom. The monoisotopic (exact) mass is 549 g/mol. The average Bonchev–Trinajstić information content (AvgIpc) is 2.87. The molecular formula is C25H27F4N7O3. The molecule has 1 saturated heterocycles. The highest BCUT2D eigenvalue weighted by molar-refractivity contribution is 5.94. The van der Waals surface area contributed by atoms with Gasteiger partial charge in [-0.1, -0.05) is 5.92 Å². The van der Waals surface area contributed by atoms with Crippen molar-refractivity contribution in [3.05, 3.63) is 59.2 Å². The molecule has 39 heavy (non-hydrogen) atoms. The molecule has 2 aromatic rings. The topological polar surface area (TPSA) is 132 Å². The van der Waals surface area contributed by atoms with E-state index in [1.165, 1.54) is 23.0 Å². The summed E-state index contributed by atoms with van der Waals surface area (Å²) >= 11 is 0. The van der Waals surface area contributed by atoms with Crippen molar-refractivity contribution in [1.29, 1.82) is 0 Å². The Hall–Kier alpha value is -4.19. The second-order valence-corrected chi connectivity index (χ2v) is 9.05. The largest absolute Gasteiger partial charge is 0.397 e. The van der Waals surface area contributed by atoms with Gasteiger partial charge in [-0.25, -0.2) is 28.2 Å².